The van der Waals surface area contributed by atoms with Gasteiger partial charge in [-0.15, -0.1) is 0 Å². The molecule has 0 aromatic heterocycles. The molecule has 1 amide bonds. The van der Waals surface area contributed by atoms with Crippen molar-refractivity contribution in [3.8, 4) is 5.75 Å². The van der Waals surface area contributed by atoms with E-state index in [4.69, 9.17) is 4.55 Å². The molecular formula is C17H14N2O5S. The van der Waals surface area contributed by atoms with E-state index in [1.807, 2.05) is 12.1 Å². The summed E-state index contributed by atoms with van der Waals surface area (Å²) in [6.45, 7) is 0. The minimum atomic E-state index is -4.27. The number of phenolic OH excluding ortho intramolecular Hbond substituents is 1. The van der Waals surface area contributed by atoms with Crippen LogP contribution in [-0.2, 0) is 10.1 Å². The Bertz CT molecular complexity index is 1050. The largest absolute Gasteiger partial charge is 0.506 e. The van der Waals surface area contributed by atoms with Crippen molar-refractivity contribution in [3.05, 3.63) is 66.2 Å². The smallest absolute Gasteiger partial charge is 0.294 e. The van der Waals surface area contributed by atoms with Crippen LogP contribution in [0.5, 0.6) is 5.75 Å². The highest BCUT2D eigenvalue weighted by molar-refractivity contribution is 7.85. The average molecular weight is 358 g/mol. The second kappa shape index (κ2) is 6.42. The van der Waals surface area contributed by atoms with E-state index in [0.29, 0.717) is 11.1 Å². The summed E-state index contributed by atoms with van der Waals surface area (Å²) in [4.78, 5) is 12.0. The van der Waals surface area contributed by atoms with Crippen LogP contribution in [0.15, 0.2) is 65.6 Å². The third-order valence-corrected chi connectivity index (χ3v) is 4.49. The first kappa shape index (κ1) is 16.7. The van der Waals surface area contributed by atoms with Crippen LogP contribution in [0.4, 0.5) is 5.69 Å². The third kappa shape index (κ3) is 3.54. The molecule has 0 unspecified atom stereocenters. The Labute approximate surface area is 143 Å². The van der Waals surface area contributed by atoms with Crippen LogP contribution >= 0.6 is 0 Å². The molecule has 0 fully saturated rings. The Morgan fingerprint density at radius 2 is 1.60 bits per heavy atom. The van der Waals surface area contributed by atoms with Crippen LogP contribution in [-0.4, -0.2) is 24.0 Å². The molecule has 3 aromatic carbocycles. The number of nitrogens with one attached hydrogen (secondary N) is 2. The summed E-state index contributed by atoms with van der Waals surface area (Å²) in [7, 11) is -4.27. The topological polar surface area (TPSA) is 116 Å². The van der Waals surface area contributed by atoms with E-state index >= 15 is 0 Å². The first-order valence-electron chi connectivity index (χ1n) is 7.21. The summed E-state index contributed by atoms with van der Waals surface area (Å²) < 4.78 is 30.9. The van der Waals surface area contributed by atoms with Crippen molar-refractivity contribution in [2.75, 3.05) is 5.43 Å². The molecule has 0 atom stereocenters. The maximum Gasteiger partial charge on any atom is 0.294 e. The van der Waals surface area contributed by atoms with Gasteiger partial charge in [0.15, 0.2) is 0 Å². The Morgan fingerprint density at radius 1 is 0.920 bits per heavy atom. The molecular weight excluding hydrogens is 344 g/mol. The summed E-state index contributed by atoms with van der Waals surface area (Å²) in [6, 6.07) is 15.5. The molecule has 7 nitrogen and oxygen atoms in total. The summed E-state index contributed by atoms with van der Waals surface area (Å²) in [5, 5.41) is 11.6. The standard InChI is InChI=1S/C17H14N2O5S/c20-16-14-4-2-1-3-11(14)5-10-15(16)17(21)19-18-12-6-8-13(9-7-12)25(22,23)24/h1-10,18,20H,(H,19,21)(H,22,23,24). The molecule has 0 spiro atoms. The monoisotopic (exact) mass is 358 g/mol. The minimum Gasteiger partial charge on any atom is -0.506 e. The van der Waals surface area contributed by atoms with Gasteiger partial charge in [0.1, 0.15) is 5.75 Å². The van der Waals surface area contributed by atoms with E-state index in [0.717, 1.165) is 5.39 Å². The lowest BCUT2D eigenvalue weighted by atomic mass is 10.1. The number of carbonyl (C=O) groups is 1. The zero-order chi connectivity index (χ0) is 18.0. The molecule has 0 bridgehead atoms. The van der Waals surface area contributed by atoms with Gasteiger partial charge in [0.25, 0.3) is 16.0 Å². The zero-order valence-electron chi connectivity index (χ0n) is 12.8. The fourth-order valence-corrected chi connectivity index (χ4v) is 2.82. The molecule has 0 heterocycles. The van der Waals surface area contributed by atoms with Crippen molar-refractivity contribution in [2.45, 2.75) is 4.90 Å². The highest BCUT2D eigenvalue weighted by Gasteiger charge is 2.14. The lowest BCUT2D eigenvalue weighted by Crippen LogP contribution is -2.29. The Morgan fingerprint density at radius 3 is 2.28 bits per heavy atom. The molecule has 0 aliphatic carbocycles. The number of phenols is 1. The van der Waals surface area contributed by atoms with Crippen molar-refractivity contribution in [2.24, 2.45) is 0 Å². The number of anilines is 1. The number of hydrogen-bond donors (Lipinski definition) is 4. The molecule has 0 saturated heterocycles. The maximum absolute atomic E-state index is 12.2. The first-order chi connectivity index (χ1) is 11.9. The van der Waals surface area contributed by atoms with E-state index in [9.17, 15) is 18.3 Å². The van der Waals surface area contributed by atoms with Crippen molar-refractivity contribution in [3.63, 3.8) is 0 Å². The van der Waals surface area contributed by atoms with Gasteiger partial charge >= 0.3 is 0 Å². The van der Waals surface area contributed by atoms with E-state index in [2.05, 4.69) is 10.9 Å². The summed E-state index contributed by atoms with van der Waals surface area (Å²) in [5.41, 5.74) is 5.53. The molecule has 0 aliphatic rings. The Balaban J connectivity index is 1.76. The van der Waals surface area contributed by atoms with Crippen LogP contribution in [0.25, 0.3) is 10.8 Å². The van der Waals surface area contributed by atoms with Crippen LogP contribution in [0, 0.1) is 0 Å². The third-order valence-electron chi connectivity index (χ3n) is 3.62. The van der Waals surface area contributed by atoms with Gasteiger partial charge in [0.05, 0.1) is 16.1 Å². The number of aromatic hydroxyl groups is 1. The molecule has 8 heteroatoms. The first-order valence-corrected chi connectivity index (χ1v) is 8.65. The van der Waals surface area contributed by atoms with E-state index in [1.54, 1.807) is 18.2 Å². The minimum absolute atomic E-state index is 0.0979. The maximum atomic E-state index is 12.2. The SMILES string of the molecule is O=C(NNc1ccc(S(=O)(=O)O)cc1)c1ccc2ccccc2c1O. The van der Waals surface area contributed by atoms with Gasteiger partial charge in [0, 0.05) is 5.39 Å². The van der Waals surface area contributed by atoms with Crippen LogP contribution < -0.4 is 10.9 Å². The van der Waals surface area contributed by atoms with Gasteiger partial charge in [-0.3, -0.25) is 20.2 Å². The normalized spacial score (nSPS) is 11.2. The van der Waals surface area contributed by atoms with Gasteiger partial charge in [-0.2, -0.15) is 8.42 Å². The Hall–Kier alpha value is -3.10. The predicted molar refractivity (Wildman–Crippen MR) is 93.0 cm³/mol. The quantitative estimate of drug-likeness (QED) is 0.421. The molecule has 3 rings (SSSR count). The number of carbonyl (C=O) groups excluding carboxylic acids is 1. The molecule has 3 aromatic rings. The number of hydrogen-bond acceptors (Lipinski definition) is 5. The summed E-state index contributed by atoms with van der Waals surface area (Å²) in [5.74, 6) is -0.679. The number of benzene rings is 3. The predicted octanol–water partition coefficient (Wildman–Crippen LogP) is 2.55. The van der Waals surface area contributed by atoms with Crippen LogP contribution in [0.1, 0.15) is 10.4 Å². The highest BCUT2D eigenvalue weighted by atomic mass is 32.2. The average Bonchev–Trinajstić information content (AvgIpc) is 2.60. The van der Waals surface area contributed by atoms with Gasteiger partial charge in [-0.05, 0) is 35.7 Å². The van der Waals surface area contributed by atoms with Gasteiger partial charge in [0.2, 0.25) is 0 Å². The molecule has 25 heavy (non-hydrogen) atoms. The van der Waals surface area contributed by atoms with Gasteiger partial charge in [-0.1, -0.05) is 30.3 Å². The van der Waals surface area contributed by atoms with Crippen molar-refractivity contribution < 1.29 is 22.9 Å². The molecule has 0 radical (unpaired) electrons. The van der Waals surface area contributed by atoms with Gasteiger partial charge < -0.3 is 5.11 Å². The van der Waals surface area contributed by atoms with Crippen molar-refractivity contribution in [1.29, 1.82) is 0 Å². The van der Waals surface area contributed by atoms with E-state index in [1.165, 1.54) is 30.3 Å². The van der Waals surface area contributed by atoms with Crippen molar-refractivity contribution in [1.82, 2.24) is 5.43 Å². The van der Waals surface area contributed by atoms with Crippen LogP contribution in [0.2, 0.25) is 0 Å². The molecule has 128 valence electrons. The summed E-state index contributed by atoms with van der Waals surface area (Å²) in [6.07, 6.45) is 0. The number of rotatable bonds is 4. The lowest BCUT2D eigenvalue weighted by Gasteiger charge is -2.11. The summed E-state index contributed by atoms with van der Waals surface area (Å²) >= 11 is 0. The van der Waals surface area contributed by atoms with Crippen molar-refractivity contribution >= 4 is 32.5 Å². The molecule has 4 N–H and O–H groups in total. The fraction of sp³-hybridized carbons (Fsp3) is 0. The number of hydrazine groups is 1. The molecule has 0 aliphatic heterocycles. The van der Waals surface area contributed by atoms with E-state index in [-0.39, 0.29) is 16.2 Å². The second-order valence-corrected chi connectivity index (χ2v) is 6.68. The number of fused-ring (bicyclic) bond motifs is 1. The fourth-order valence-electron chi connectivity index (χ4n) is 2.34. The second-order valence-electron chi connectivity index (χ2n) is 5.26. The van der Waals surface area contributed by atoms with E-state index < -0.39 is 16.0 Å². The highest BCUT2D eigenvalue weighted by Crippen LogP contribution is 2.28. The Kier molecular flexibility index (Phi) is 4.30. The lowest BCUT2D eigenvalue weighted by molar-refractivity contribution is 0.0960. The molecule has 0 saturated carbocycles. The number of amides is 1. The zero-order valence-corrected chi connectivity index (χ0v) is 13.6. The van der Waals surface area contributed by atoms with Crippen LogP contribution in [0.3, 0.4) is 0 Å². The van der Waals surface area contributed by atoms with Gasteiger partial charge in [-0.25, -0.2) is 0 Å².